The highest BCUT2D eigenvalue weighted by molar-refractivity contribution is 5.77. The van der Waals surface area contributed by atoms with E-state index in [9.17, 15) is 0 Å². The molecule has 0 bridgehead atoms. The summed E-state index contributed by atoms with van der Waals surface area (Å²) in [6.07, 6.45) is 1.01. The molecule has 0 fully saturated rings. The van der Waals surface area contributed by atoms with Gasteiger partial charge in [-0.2, -0.15) is 0 Å². The van der Waals surface area contributed by atoms with Crippen molar-refractivity contribution in [3.05, 3.63) is 0 Å². The van der Waals surface area contributed by atoms with Crippen molar-refractivity contribution >= 4 is 5.90 Å². The Labute approximate surface area is 74.0 Å². The molecule has 0 aromatic heterocycles. The summed E-state index contributed by atoms with van der Waals surface area (Å²) in [7, 11) is 0. The molecule has 1 heterocycles. The number of rotatable bonds is 2. The minimum atomic E-state index is 0.180. The predicted octanol–water partition coefficient (Wildman–Crippen LogP) is 1.18. The standard InChI is InChI=1S/C9H18N2O/c1-9(2,3)7-6-11-8(12-7)4-5-10/h7H,4-6,10H2,1-3H3. The molecule has 0 aromatic rings. The number of ether oxygens (including phenoxy) is 1. The lowest BCUT2D eigenvalue weighted by atomic mass is 9.89. The van der Waals surface area contributed by atoms with E-state index in [1.165, 1.54) is 0 Å². The topological polar surface area (TPSA) is 47.6 Å². The fourth-order valence-electron chi connectivity index (χ4n) is 1.14. The van der Waals surface area contributed by atoms with Crippen LogP contribution in [0.25, 0.3) is 0 Å². The molecule has 0 saturated carbocycles. The van der Waals surface area contributed by atoms with Crippen molar-refractivity contribution in [2.24, 2.45) is 16.1 Å². The molecular formula is C9H18N2O. The van der Waals surface area contributed by atoms with Crippen LogP contribution in [0.3, 0.4) is 0 Å². The normalized spacial score (nSPS) is 23.7. The lowest BCUT2D eigenvalue weighted by Gasteiger charge is -2.25. The van der Waals surface area contributed by atoms with Gasteiger partial charge in [0.15, 0.2) is 5.90 Å². The van der Waals surface area contributed by atoms with Crippen LogP contribution in [0.1, 0.15) is 27.2 Å². The molecule has 1 rings (SSSR count). The Balaban J connectivity index is 2.41. The van der Waals surface area contributed by atoms with Gasteiger partial charge in [-0.25, -0.2) is 0 Å². The number of hydrogen-bond acceptors (Lipinski definition) is 3. The zero-order chi connectivity index (χ0) is 9.19. The van der Waals surface area contributed by atoms with Crippen molar-refractivity contribution in [1.82, 2.24) is 0 Å². The highest BCUT2D eigenvalue weighted by atomic mass is 16.5. The van der Waals surface area contributed by atoms with Crippen molar-refractivity contribution < 1.29 is 4.74 Å². The first-order valence-corrected chi connectivity index (χ1v) is 4.44. The van der Waals surface area contributed by atoms with Gasteiger partial charge in [0.05, 0.1) is 6.54 Å². The molecule has 0 spiro atoms. The molecular weight excluding hydrogens is 152 g/mol. The molecule has 12 heavy (non-hydrogen) atoms. The fourth-order valence-corrected chi connectivity index (χ4v) is 1.14. The van der Waals surface area contributed by atoms with Gasteiger partial charge in [-0.3, -0.25) is 4.99 Å². The van der Waals surface area contributed by atoms with Crippen molar-refractivity contribution in [3.63, 3.8) is 0 Å². The molecule has 1 unspecified atom stereocenters. The van der Waals surface area contributed by atoms with Gasteiger partial charge in [-0.05, 0) is 0 Å². The minimum Gasteiger partial charge on any atom is -0.475 e. The van der Waals surface area contributed by atoms with Crippen LogP contribution < -0.4 is 5.73 Å². The zero-order valence-corrected chi connectivity index (χ0v) is 8.13. The van der Waals surface area contributed by atoms with Gasteiger partial charge in [0.2, 0.25) is 0 Å². The summed E-state index contributed by atoms with van der Waals surface area (Å²) in [5, 5.41) is 0. The second-order valence-corrected chi connectivity index (χ2v) is 4.25. The first-order valence-electron chi connectivity index (χ1n) is 4.44. The lowest BCUT2D eigenvalue weighted by Crippen LogP contribution is -2.29. The molecule has 0 amide bonds. The van der Waals surface area contributed by atoms with Crippen LogP contribution in [-0.4, -0.2) is 25.1 Å². The Bertz CT molecular complexity index is 181. The van der Waals surface area contributed by atoms with E-state index in [4.69, 9.17) is 10.5 Å². The predicted molar refractivity (Wildman–Crippen MR) is 50.3 cm³/mol. The molecule has 0 aliphatic carbocycles. The second kappa shape index (κ2) is 3.44. The first-order chi connectivity index (χ1) is 5.54. The second-order valence-electron chi connectivity index (χ2n) is 4.25. The summed E-state index contributed by atoms with van der Waals surface area (Å²) in [4.78, 5) is 4.29. The monoisotopic (exact) mass is 170 g/mol. The Morgan fingerprint density at radius 3 is 2.67 bits per heavy atom. The summed E-state index contributed by atoms with van der Waals surface area (Å²) in [5.74, 6) is 0.831. The Kier molecular flexibility index (Phi) is 2.73. The quantitative estimate of drug-likeness (QED) is 0.676. The molecule has 1 aliphatic rings. The van der Waals surface area contributed by atoms with E-state index in [-0.39, 0.29) is 11.5 Å². The maximum Gasteiger partial charge on any atom is 0.185 e. The maximum atomic E-state index is 5.64. The molecule has 2 N–H and O–H groups in total. The van der Waals surface area contributed by atoms with Gasteiger partial charge in [-0.15, -0.1) is 0 Å². The van der Waals surface area contributed by atoms with E-state index in [0.717, 1.165) is 18.9 Å². The third-order valence-corrected chi connectivity index (χ3v) is 2.04. The number of hydrogen-bond donors (Lipinski definition) is 1. The van der Waals surface area contributed by atoms with Gasteiger partial charge >= 0.3 is 0 Å². The van der Waals surface area contributed by atoms with Crippen molar-refractivity contribution in [3.8, 4) is 0 Å². The van der Waals surface area contributed by atoms with Crippen molar-refractivity contribution in [2.45, 2.75) is 33.3 Å². The van der Waals surface area contributed by atoms with Crippen LogP contribution in [0.2, 0.25) is 0 Å². The maximum absolute atomic E-state index is 5.64. The van der Waals surface area contributed by atoms with Gasteiger partial charge < -0.3 is 10.5 Å². The Morgan fingerprint density at radius 1 is 1.58 bits per heavy atom. The highest BCUT2D eigenvalue weighted by Gasteiger charge is 2.30. The number of aliphatic imine (C=N–C) groups is 1. The lowest BCUT2D eigenvalue weighted by molar-refractivity contribution is 0.100. The molecule has 0 radical (unpaired) electrons. The van der Waals surface area contributed by atoms with E-state index >= 15 is 0 Å². The molecule has 0 aromatic carbocycles. The average Bonchev–Trinajstić information content (AvgIpc) is 2.35. The number of nitrogens with two attached hydrogens (primary N) is 1. The molecule has 3 heteroatoms. The fraction of sp³-hybridized carbons (Fsp3) is 0.889. The summed E-state index contributed by atoms with van der Waals surface area (Å²) in [6.45, 7) is 7.91. The van der Waals surface area contributed by atoms with E-state index in [0.29, 0.717) is 6.54 Å². The van der Waals surface area contributed by atoms with E-state index in [1.54, 1.807) is 0 Å². The summed E-state index contributed by atoms with van der Waals surface area (Å²) < 4.78 is 5.64. The van der Waals surface area contributed by atoms with Crippen LogP contribution in [-0.2, 0) is 4.74 Å². The highest BCUT2D eigenvalue weighted by Crippen LogP contribution is 2.26. The molecule has 1 aliphatic heterocycles. The third kappa shape index (κ3) is 2.21. The van der Waals surface area contributed by atoms with E-state index < -0.39 is 0 Å². The van der Waals surface area contributed by atoms with Crippen LogP contribution in [0, 0.1) is 5.41 Å². The van der Waals surface area contributed by atoms with Crippen LogP contribution >= 0.6 is 0 Å². The van der Waals surface area contributed by atoms with Crippen LogP contribution in [0.4, 0.5) is 0 Å². The minimum absolute atomic E-state index is 0.180. The molecule has 1 atom stereocenters. The summed E-state index contributed by atoms with van der Waals surface area (Å²) >= 11 is 0. The van der Waals surface area contributed by atoms with Gasteiger partial charge in [0.25, 0.3) is 0 Å². The van der Waals surface area contributed by atoms with Crippen molar-refractivity contribution in [2.75, 3.05) is 13.1 Å². The van der Waals surface area contributed by atoms with E-state index in [2.05, 4.69) is 25.8 Å². The van der Waals surface area contributed by atoms with Crippen LogP contribution in [0.5, 0.6) is 0 Å². The zero-order valence-electron chi connectivity index (χ0n) is 8.13. The molecule has 0 saturated heterocycles. The van der Waals surface area contributed by atoms with E-state index in [1.807, 2.05) is 0 Å². The summed E-state index contributed by atoms with van der Waals surface area (Å²) in [6, 6.07) is 0. The summed E-state index contributed by atoms with van der Waals surface area (Å²) in [5.41, 5.74) is 5.58. The van der Waals surface area contributed by atoms with Gasteiger partial charge in [-0.1, -0.05) is 20.8 Å². The van der Waals surface area contributed by atoms with Crippen LogP contribution in [0.15, 0.2) is 4.99 Å². The SMILES string of the molecule is CC(C)(C)C1CN=C(CCN)O1. The molecule has 70 valence electrons. The Hall–Kier alpha value is -0.570. The van der Waals surface area contributed by atoms with Gasteiger partial charge in [0, 0.05) is 18.4 Å². The van der Waals surface area contributed by atoms with Gasteiger partial charge in [0.1, 0.15) is 6.10 Å². The Morgan fingerprint density at radius 2 is 2.25 bits per heavy atom. The largest absolute Gasteiger partial charge is 0.475 e. The molecule has 3 nitrogen and oxygen atoms in total. The third-order valence-electron chi connectivity index (χ3n) is 2.04. The first kappa shape index (κ1) is 9.52. The smallest absolute Gasteiger partial charge is 0.185 e. The average molecular weight is 170 g/mol. The van der Waals surface area contributed by atoms with Crippen molar-refractivity contribution in [1.29, 1.82) is 0 Å². The number of nitrogens with zero attached hydrogens (tertiary/aromatic N) is 1.